The van der Waals surface area contributed by atoms with Crippen LogP contribution in [0.5, 0.6) is 0 Å². The quantitative estimate of drug-likeness (QED) is 0.810. The smallest absolute Gasteiger partial charge is 0.415 e. The number of hydrogen-bond donors (Lipinski definition) is 2. The molecule has 0 aliphatic carbocycles. The number of ether oxygens (including phenoxy) is 1. The van der Waals surface area contributed by atoms with E-state index in [1.165, 1.54) is 4.90 Å². The number of fused-ring (bicyclic) bond motifs is 1. The zero-order valence-corrected chi connectivity index (χ0v) is 13.9. The van der Waals surface area contributed by atoms with Crippen LogP contribution in [-0.4, -0.2) is 35.9 Å². The van der Waals surface area contributed by atoms with E-state index in [9.17, 15) is 14.4 Å². The molecule has 0 radical (unpaired) electrons. The molecule has 0 saturated heterocycles. The van der Waals surface area contributed by atoms with Gasteiger partial charge < -0.3 is 15.4 Å². The van der Waals surface area contributed by atoms with E-state index in [1.54, 1.807) is 39.0 Å². The van der Waals surface area contributed by atoms with Crippen LogP contribution in [0, 0.1) is 0 Å². The van der Waals surface area contributed by atoms with Crippen LogP contribution in [0.4, 0.5) is 21.9 Å². The van der Waals surface area contributed by atoms with Crippen molar-refractivity contribution < 1.29 is 19.1 Å². The highest BCUT2D eigenvalue weighted by molar-refractivity contribution is 6.29. The van der Waals surface area contributed by atoms with Gasteiger partial charge in [0.2, 0.25) is 11.8 Å². The molecule has 8 heteroatoms. The van der Waals surface area contributed by atoms with Gasteiger partial charge in [-0.15, -0.1) is 11.6 Å². The van der Waals surface area contributed by atoms with E-state index < -0.39 is 17.6 Å². The molecule has 1 aromatic carbocycles. The van der Waals surface area contributed by atoms with Gasteiger partial charge in [0.1, 0.15) is 18.0 Å². The van der Waals surface area contributed by atoms with Crippen LogP contribution in [0.1, 0.15) is 20.8 Å². The van der Waals surface area contributed by atoms with Crippen LogP contribution in [0.3, 0.4) is 0 Å². The van der Waals surface area contributed by atoms with Crippen molar-refractivity contribution in [2.24, 2.45) is 0 Å². The Morgan fingerprint density at radius 2 is 2.09 bits per heavy atom. The molecule has 1 aliphatic rings. The lowest BCUT2D eigenvalue weighted by Crippen LogP contribution is -2.44. The molecule has 23 heavy (non-hydrogen) atoms. The van der Waals surface area contributed by atoms with Crippen molar-refractivity contribution in [2.75, 3.05) is 28.0 Å². The molecule has 2 N–H and O–H groups in total. The molecular weight excluding hydrogens is 322 g/mol. The number of rotatable bonds is 2. The third-order valence-electron chi connectivity index (χ3n) is 2.91. The number of carbonyl (C=O) groups excluding carboxylic acids is 3. The Kier molecular flexibility index (Phi) is 4.79. The van der Waals surface area contributed by atoms with Gasteiger partial charge in [0, 0.05) is 0 Å². The lowest BCUT2D eigenvalue weighted by Gasteiger charge is -2.32. The number of para-hydroxylation sites is 1. The topological polar surface area (TPSA) is 87.7 Å². The van der Waals surface area contributed by atoms with Crippen molar-refractivity contribution in [1.82, 2.24) is 0 Å². The lowest BCUT2D eigenvalue weighted by atomic mass is 10.1. The van der Waals surface area contributed by atoms with Gasteiger partial charge in [0.05, 0.1) is 17.1 Å². The molecule has 3 amide bonds. The van der Waals surface area contributed by atoms with Crippen molar-refractivity contribution in [1.29, 1.82) is 0 Å². The highest BCUT2D eigenvalue weighted by Gasteiger charge is 2.31. The number of carbonyl (C=O) groups is 3. The maximum Gasteiger partial charge on any atom is 0.415 e. The number of anilines is 3. The summed E-state index contributed by atoms with van der Waals surface area (Å²) in [5.74, 6) is -1.01. The monoisotopic (exact) mass is 339 g/mol. The van der Waals surface area contributed by atoms with Crippen LogP contribution in [-0.2, 0) is 14.3 Å². The largest absolute Gasteiger partial charge is 0.443 e. The van der Waals surface area contributed by atoms with Crippen molar-refractivity contribution in [3.63, 3.8) is 0 Å². The van der Waals surface area contributed by atoms with Gasteiger partial charge in [-0.05, 0) is 32.9 Å². The molecule has 0 unspecified atom stereocenters. The fraction of sp³-hybridized carbons (Fsp3) is 0.400. The fourth-order valence-electron chi connectivity index (χ4n) is 2.07. The normalized spacial score (nSPS) is 13.9. The van der Waals surface area contributed by atoms with E-state index in [2.05, 4.69) is 10.6 Å². The molecule has 0 fully saturated rings. The third-order valence-corrected chi connectivity index (χ3v) is 3.15. The summed E-state index contributed by atoms with van der Waals surface area (Å²) in [6.45, 7) is 5.07. The number of hydrogen-bond acceptors (Lipinski definition) is 4. The lowest BCUT2D eigenvalue weighted by molar-refractivity contribution is -0.115. The molecule has 1 aromatic rings. The molecule has 0 spiro atoms. The molecule has 7 nitrogen and oxygen atoms in total. The molecule has 0 saturated carbocycles. The summed E-state index contributed by atoms with van der Waals surface area (Å²) in [6.07, 6.45) is -0.630. The minimum absolute atomic E-state index is 0.158. The van der Waals surface area contributed by atoms with Crippen molar-refractivity contribution in [3.8, 4) is 0 Å². The predicted octanol–water partition coefficient (Wildman–Crippen LogP) is 2.56. The first-order valence-electron chi connectivity index (χ1n) is 7.00. The predicted molar refractivity (Wildman–Crippen MR) is 88.0 cm³/mol. The van der Waals surface area contributed by atoms with Crippen LogP contribution in [0.25, 0.3) is 0 Å². The van der Waals surface area contributed by atoms with E-state index in [0.29, 0.717) is 17.1 Å². The molecule has 124 valence electrons. The highest BCUT2D eigenvalue weighted by Crippen LogP contribution is 2.36. The van der Waals surface area contributed by atoms with E-state index in [1.807, 2.05) is 0 Å². The van der Waals surface area contributed by atoms with Crippen LogP contribution < -0.4 is 15.5 Å². The summed E-state index contributed by atoms with van der Waals surface area (Å²) < 4.78 is 5.32. The van der Waals surface area contributed by atoms with Crippen LogP contribution >= 0.6 is 11.6 Å². The van der Waals surface area contributed by atoms with Gasteiger partial charge in [-0.3, -0.25) is 14.5 Å². The molecule has 0 atom stereocenters. The Balaban J connectivity index is 2.38. The van der Waals surface area contributed by atoms with E-state index in [4.69, 9.17) is 16.3 Å². The summed E-state index contributed by atoms with van der Waals surface area (Å²) in [4.78, 5) is 37.0. The zero-order valence-electron chi connectivity index (χ0n) is 13.1. The Hall–Kier alpha value is -2.28. The van der Waals surface area contributed by atoms with Gasteiger partial charge in [-0.2, -0.15) is 0 Å². The number of nitrogens with zero attached hydrogens (tertiary/aromatic N) is 1. The fourth-order valence-corrected chi connectivity index (χ4v) is 2.14. The number of halogens is 1. The molecule has 1 aliphatic heterocycles. The summed E-state index contributed by atoms with van der Waals surface area (Å²) >= 11 is 5.48. The Labute approximate surface area is 138 Å². The zero-order chi connectivity index (χ0) is 17.2. The Morgan fingerprint density at radius 3 is 2.70 bits per heavy atom. The highest BCUT2D eigenvalue weighted by atomic mass is 35.5. The second-order valence-corrected chi connectivity index (χ2v) is 6.26. The maximum absolute atomic E-state index is 12.3. The second-order valence-electron chi connectivity index (χ2n) is 6.00. The van der Waals surface area contributed by atoms with Crippen molar-refractivity contribution in [3.05, 3.63) is 18.2 Å². The van der Waals surface area contributed by atoms with Gasteiger partial charge >= 0.3 is 6.09 Å². The average Bonchev–Trinajstić information content (AvgIpc) is 2.45. The minimum atomic E-state index is -0.685. The van der Waals surface area contributed by atoms with Crippen LogP contribution in [0.15, 0.2) is 18.2 Å². The average molecular weight is 340 g/mol. The van der Waals surface area contributed by atoms with E-state index >= 15 is 0 Å². The summed E-state index contributed by atoms with van der Waals surface area (Å²) in [7, 11) is 0. The molecule has 0 bridgehead atoms. The van der Waals surface area contributed by atoms with Gasteiger partial charge in [-0.25, -0.2) is 4.79 Å². The standard InChI is InChI=1S/C15H18ClN3O4/c1-15(2,3)23-14(22)19-8-12(21)18-13-9(17-11(20)7-16)5-4-6-10(13)19/h4-6H,7-8H2,1-3H3,(H,17,20)(H,18,21). The Morgan fingerprint density at radius 1 is 1.39 bits per heavy atom. The van der Waals surface area contributed by atoms with Crippen molar-refractivity contribution >= 4 is 46.6 Å². The van der Waals surface area contributed by atoms with E-state index in [0.717, 1.165) is 0 Å². The number of alkyl halides is 1. The molecule has 2 rings (SSSR count). The van der Waals surface area contributed by atoms with Crippen LogP contribution in [0.2, 0.25) is 0 Å². The van der Waals surface area contributed by atoms with Gasteiger partial charge in [-0.1, -0.05) is 6.07 Å². The molecule has 1 heterocycles. The van der Waals surface area contributed by atoms with Gasteiger partial charge in [0.25, 0.3) is 0 Å². The van der Waals surface area contributed by atoms with Gasteiger partial charge in [0.15, 0.2) is 0 Å². The first kappa shape index (κ1) is 17.1. The van der Waals surface area contributed by atoms with E-state index in [-0.39, 0.29) is 18.3 Å². The summed E-state index contributed by atoms with van der Waals surface area (Å²) in [5, 5.41) is 5.24. The molecular formula is C15H18ClN3O4. The Bertz CT molecular complexity index is 655. The molecule has 0 aromatic heterocycles. The number of nitrogens with one attached hydrogen (secondary N) is 2. The van der Waals surface area contributed by atoms with Crippen molar-refractivity contribution in [2.45, 2.75) is 26.4 Å². The SMILES string of the molecule is CC(C)(C)OC(=O)N1CC(=O)Nc2c(NC(=O)CCl)cccc21. The minimum Gasteiger partial charge on any atom is -0.443 e. The summed E-state index contributed by atoms with van der Waals surface area (Å²) in [6, 6.07) is 4.94. The number of amides is 3. The first-order chi connectivity index (χ1) is 10.7. The first-order valence-corrected chi connectivity index (χ1v) is 7.54. The second kappa shape index (κ2) is 6.45. The number of benzene rings is 1. The third kappa shape index (κ3) is 4.13. The summed E-state index contributed by atoms with van der Waals surface area (Å²) in [5.41, 5.74) is 0.476. The maximum atomic E-state index is 12.3.